The molecule has 0 saturated heterocycles. The minimum atomic E-state index is -0.190. The van der Waals surface area contributed by atoms with Gasteiger partial charge >= 0.3 is 0 Å². The molecule has 0 radical (unpaired) electrons. The number of hydrogen-bond acceptors (Lipinski definition) is 3. The molecule has 2 amide bonds. The normalized spacial score (nSPS) is 10.6. The van der Waals surface area contributed by atoms with Crippen LogP contribution < -0.4 is 10.6 Å². The van der Waals surface area contributed by atoms with Crippen molar-refractivity contribution in [3.63, 3.8) is 0 Å². The minimum absolute atomic E-state index is 0.143. The quantitative estimate of drug-likeness (QED) is 0.764. The number of hydrogen-bond donors (Lipinski definition) is 2. The molecule has 2 heterocycles. The standard InChI is InChI=1S/C17H15ClN4O2/c1-11(23)19-13-3-2-4-14(7-13)21-17(24)8-15-10-22-9-12(18)5-6-16(22)20-15/h2-7,9-10H,8H2,1H3,(H,19,23)(H,21,24). The number of imidazole rings is 1. The Bertz CT molecular complexity index is 920. The molecule has 1 aromatic carbocycles. The van der Waals surface area contributed by atoms with Crippen molar-refractivity contribution in [3.05, 3.63) is 59.5 Å². The van der Waals surface area contributed by atoms with Gasteiger partial charge in [-0.1, -0.05) is 17.7 Å². The van der Waals surface area contributed by atoms with Gasteiger partial charge < -0.3 is 15.0 Å². The smallest absolute Gasteiger partial charge is 0.230 e. The number of rotatable bonds is 4. The second kappa shape index (κ2) is 6.72. The van der Waals surface area contributed by atoms with Crippen LogP contribution in [0.4, 0.5) is 11.4 Å². The Balaban J connectivity index is 1.69. The number of anilines is 2. The van der Waals surface area contributed by atoms with Crippen molar-refractivity contribution in [2.45, 2.75) is 13.3 Å². The average Bonchev–Trinajstić information content (AvgIpc) is 2.87. The van der Waals surface area contributed by atoms with Gasteiger partial charge in [-0.25, -0.2) is 4.98 Å². The van der Waals surface area contributed by atoms with Crippen LogP contribution in [0.2, 0.25) is 5.02 Å². The van der Waals surface area contributed by atoms with E-state index in [1.807, 2.05) is 0 Å². The van der Waals surface area contributed by atoms with Crippen molar-refractivity contribution in [1.82, 2.24) is 9.38 Å². The highest BCUT2D eigenvalue weighted by Crippen LogP contribution is 2.16. The van der Waals surface area contributed by atoms with Crippen molar-refractivity contribution < 1.29 is 9.59 Å². The Labute approximate surface area is 143 Å². The van der Waals surface area contributed by atoms with Crippen LogP contribution in [0, 0.1) is 0 Å². The fraction of sp³-hybridized carbons (Fsp3) is 0.118. The second-order valence-electron chi connectivity index (χ2n) is 5.33. The summed E-state index contributed by atoms with van der Waals surface area (Å²) in [5.74, 6) is -0.355. The first-order valence-corrected chi connectivity index (χ1v) is 7.68. The third-order valence-corrected chi connectivity index (χ3v) is 3.50. The molecule has 0 aliphatic carbocycles. The molecule has 6 nitrogen and oxygen atoms in total. The summed E-state index contributed by atoms with van der Waals surface area (Å²) in [5, 5.41) is 6.07. The van der Waals surface area contributed by atoms with Gasteiger partial charge in [0.25, 0.3) is 0 Å². The van der Waals surface area contributed by atoms with E-state index in [0.29, 0.717) is 22.1 Å². The molecular formula is C17H15ClN4O2. The van der Waals surface area contributed by atoms with Crippen molar-refractivity contribution in [2.24, 2.45) is 0 Å². The van der Waals surface area contributed by atoms with Crippen LogP contribution in [0.25, 0.3) is 5.65 Å². The molecule has 24 heavy (non-hydrogen) atoms. The number of pyridine rings is 1. The van der Waals surface area contributed by atoms with Crippen LogP contribution in [-0.2, 0) is 16.0 Å². The van der Waals surface area contributed by atoms with E-state index in [2.05, 4.69) is 15.6 Å². The molecule has 2 aromatic heterocycles. The maximum Gasteiger partial charge on any atom is 0.230 e. The highest BCUT2D eigenvalue weighted by Gasteiger charge is 2.09. The monoisotopic (exact) mass is 342 g/mol. The third-order valence-electron chi connectivity index (χ3n) is 3.27. The third kappa shape index (κ3) is 3.91. The fourth-order valence-electron chi connectivity index (χ4n) is 2.35. The van der Waals surface area contributed by atoms with Crippen LogP contribution in [0.1, 0.15) is 12.6 Å². The van der Waals surface area contributed by atoms with Gasteiger partial charge in [0.2, 0.25) is 11.8 Å². The number of fused-ring (bicyclic) bond motifs is 1. The summed E-state index contributed by atoms with van der Waals surface area (Å²) < 4.78 is 1.78. The largest absolute Gasteiger partial charge is 0.326 e. The molecule has 0 unspecified atom stereocenters. The number of aromatic nitrogens is 2. The molecule has 0 bridgehead atoms. The molecule has 0 spiro atoms. The van der Waals surface area contributed by atoms with E-state index < -0.39 is 0 Å². The van der Waals surface area contributed by atoms with Crippen LogP contribution in [0.3, 0.4) is 0 Å². The van der Waals surface area contributed by atoms with Crippen LogP contribution in [-0.4, -0.2) is 21.2 Å². The van der Waals surface area contributed by atoms with Gasteiger partial charge in [-0.3, -0.25) is 9.59 Å². The summed E-state index contributed by atoms with van der Waals surface area (Å²) in [6.07, 6.45) is 3.65. The van der Waals surface area contributed by atoms with Gasteiger partial charge in [0.05, 0.1) is 17.1 Å². The zero-order valence-corrected chi connectivity index (χ0v) is 13.7. The molecule has 0 atom stereocenters. The van der Waals surface area contributed by atoms with Gasteiger partial charge in [-0.15, -0.1) is 0 Å². The van der Waals surface area contributed by atoms with Gasteiger partial charge in [-0.2, -0.15) is 0 Å². The highest BCUT2D eigenvalue weighted by atomic mass is 35.5. The Morgan fingerprint density at radius 3 is 2.62 bits per heavy atom. The zero-order valence-electron chi connectivity index (χ0n) is 12.9. The summed E-state index contributed by atoms with van der Waals surface area (Å²) in [4.78, 5) is 27.6. The lowest BCUT2D eigenvalue weighted by Gasteiger charge is -2.07. The number of benzene rings is 1. The average molecular weight is 343 g/mol. The van der Waals surface area contributed by atoms with Gasteiger partial charge in [0.15, 0.2) is 0 Å². The first-order chi connectivity index (χ1) is 11.5. The highest BCUT2D eigenvalue weighted by molar-refractivity contribution is 6.30. The first-order valence-electron chi connectivity index (χ1n) is 7.30. The number of nitrogens with one attached hydrogen (secondary N) is 2. The molecule has 0 saturated carbocycles. The summed E-state index contributed by atoms with van der Waals surface area (Å²) >= 11 is 5.93. The number of carbonyl (C=O) groups excluding carboxylic acids is 2. The molecule has 3 aromatic rings. The van der Waals surface area contributed by atoms with Crippen molar-refractivity contribution in [1.29, 1.82) is 0 Å². The molecule has 122 valence electrons. The van der Waals surface area contributed by atoms with E-state index in [-0.39, 0.29) is 18.2 Å². The lowest BCUT2D eigenvalue weighted by atomic mass is 10.2. The minimum Gasteiger partial charge on any atom is -0.326 e. The van der Waals surface area contributed by atoms with Gasteiger partial charge in [0, 0.05) is 30.7 Å². The topological polar surface area (TPSA) is 75.5 Å². The number of amides is 2. The predicted octanol–water partition coefficient (Wildman–Crippen LogP) is 3.13. The first kappa shape index (κ1) is 16.0. The van der Waals surface area contributed by atoms with Crippen LogP contribution in [0.15, 0.2) is 48.8 Å². The summed E-state index contributed by atoms with van der Waals surface area (Å²) in [6.45, 7) is 1.43. The fourth-order valence-corrected chi connectivity index (χ4v) is 2.52. The maximum atomic E-state index is 12.2. The van der Waals surface area contributed by atoms with E-state index in [1.54, 1.807) is 53.2 Å². The SMILES string of the molecule is CC(=O)Nc1cccc(NC(=O)Cc2cn3cc(Cl)ccc3n2)c1. The summed E-state index contributed by atoms with van der Waals surface area (Å²) in [7, 11) is 0. The Morgan fingerprint density at radius 1 is 1.12 bits per heavy atom. The molecule has 0 fully saturated rings. The Kier molecular flexibility index (Phi) is 4.48. The Morgan fingerprint density at radius 2 is 1.88 bits per heavy atom. The Hall–Kier alpha value is -2.86. The molecule has 7 heteroatoms. The lowest BCUT2D eigenvalue weighted by Crippen LogP contribution is -2.15. The summed E-state index contributed by atoms with van der Waals surface area (Å²) in [6, 6.07) is 10.5. The molecule has 0 aliphatic rings. The lowest BCUT2D eigenvalue weighted by molar-refractivity contribution is -0.116. The van der Waals surface area contributed by atoms with Gasteiger partial charge in [0.1, 0.15) is 5.65 Å². The van der Waals surface area contributed by atoms with E-state index in [9.17, 15) is 9.59 Å². The molecule has 0 aliphatic heterocycles. The second-order valence-corrected chi connectivity index (χ2v) is 5.77. The van der Waals surface area contributed by atoms with Crippen molar-refractivity contribution in [3.8, 4) is 0 Å². The molecule has 2 N–H and O–H groups in total. The van der Waals surface area contributed by atoms with Crippen molar-refractivity contribution >= 4 is 40.4 Å². The number of nitrogens with zero attached hydrogens (tertiary/aromatic N) is 2. The maximum absolute atomic E-state index is 12.2. The molecular weight excluding hydrogens is 328 g/mol. The number of halogens is 1. The van der Waals surface area contributed by atoms with E-state index in [1.165, 1.54) is 6.92 Å². The van der Waals surface area contributed by atoms with E-state index in [0.717, 1.165) is 5.65 Å². The number of carbonyl (C=O) groups is 2. The zero-order chi connectivity index (χ0) is 17.1. The van der Waals surface area contributed by atoms with Crippen molar-refractivity contribution in [2.75, 3.05) is 10.6 Å². The van der Waals surface area contributed by atoms with Crippen LogP contribution >= 0.6 is 11.6 Å². The van der Waals surface area contributed by atoms with E-state index >= 15 is 0 Å². The summed E-state index contributed by atoms with van der Waals surface area (Å²) in [5.41, 5.74) is 2.61. The van der Waals surface area contributed by atoms with E-state index in [4.69, 9.17) is 11.6 Å². The predicted molar refractivity (Wildman–Crippen MR) is 93.3 cm³/mol. The molecule has 3 rings (SSSR count). The van der Waals surface area contributed by atoms with Gasteiger partial charge in [-0.05, 0) is 30.3 Å². The van der Waals surface area contributed by atoms with Crippen LogP contribution in [0.5, 0.6) is 0 Å².